The van der Waals surface area contributed by atoms with Crippen LogP contribution in [0.25, 0.3) is 22.2 Å². The van der Waals surface area contributed by atoms with Gasteiger partial charge in [0.2, 0.25) is 0 Å². The Bertz CT molecular complexity index is 889. The van der Waals surface area contributed by atoms with Crippen LogP contribution in [0.5, 0.6) is 5.75 Å². The quantitative estimate of drug-likeness (QED) is 0.746. The van der Waals surface area contributed by atoms with Crippen molar-refractivity contribution in [3.05, 3.63) is 60.2 Å². The number of fused-ring (bicyclic) bond motifs is 1. The van der Waals surface area contributed by atoms with Crippen LogP contribution in [0.4, 0.5) is 0 Å². The predicted octanol–water partition coefficient (Wildman–Crippen LogP) is 4.09. The summed E-state index contributed by atoms with van der Waals surface area (Å²) in [5.41, 5.74) is 3.59. The Kier molecular flexibility index (Phi) is 4.87. The van der Waals surface area contributed by atoms with Gasteiger partial charge in [0, 0.05) is 17.0 Å². The highest BCUT2D eigenvalue weighted by molar-refractivity contribution is 5.90. The molecule has 0 aliphatic carbocycles. The topological polar surface area (TPSA) is 54.4 Å². The first-order valence-corrected chi connectivity index (χ1v) is 9.22. The molecule has 1 aliphatic rings. The zero-order chi connectivity index (χ0) is 17.9. The van der Waals surface area contributed by atoms with E-state index in [0.717, 1.165) is 52.9 Å². The van der Waals surface area contributed by atoms with Gasteiger partial charge in [0.25, 0.3) is 0 Å². The molecular weight excluding hydrogens is 324 g/mol. The minimum atomic E-state index is -0.574. The van der Waals surface area contributed by atoms with Gasteiger partial charge < -0.3 is 15.2 Å². The van der Waals surface area contributed by atoms with E-state index >= 15 is 0 Å². The lowest BCUT2D eigenvalue weighted by Gasteiger charge is -2.29. The molecule has 0 saturated carbocycles. The monoisotopic (exact) mass is 348 g/mol. The fourth-order valence-corrected chi connectivity index (χ4v) is 3.78. The van der Waals surface area contributed by atoms with Crippen LogP contribution >= 0.6 is 0 Å². The molecule has 26 heavy (non-hydrogen) atoms. The van der Waals surface area contributed by atoms with E-state index in [0.29, 0.717) is 0 Å². The minimum absolute atomic E-state index is 0.0733. The number of nitrogens with one attached hydrogen (secondary N) is 1. The summed E-state index contributed by atoms with van der Waals surface area (Å²) < 4.78 is 5.54. The van der Waals surface area contributed by atoms with Gasteiger partial charge in [-0.05, 0) is 37.1 Å². The number of aliphatic hydroxyl groups excluding tert-OH is 1. The molecule has 0 radical (unpaired) electrons. The Hall–Kier alpha value is -2.43. The molecule has 1 saturated heterocycles. The number of piperidine rings is 1. The Labute approximate surface area is 153 Å². The number of pyridine rings is 1. The number of aliphatic hydroxyl groups is 1. The van der Waals surface area contributed by atoms with Crippen molar-refractivity contribution in [3.63, 3.8) is 0 Å². The molecule has 1 aliphatic heterocycles. The molecule has 2 N–H and O–H groups in total. The number of para-hydroxylation sites is 1. The fraction of sp³-hybridized carbons (Fsp3) is 0.318. The SMILES string of the molecule is COc1cccc2c(C(O)C3CCCCN3)cc(-c3ccccc3)nc12. The minimum Gasteiger partial charge on any atom is -0.494 e. The van der Waals surface area contributed by atoms with E-state index in [9.17, 15) is 5.11 Å². The van der Waals surface area contributed by atoms with E-state index < -0.39 is 6.10 Å². The van der Waals surface area contributed by atoms with E-state index in [2.05, 4.69) is 5.32 Å². The van der Waals surface area contributed by atoms with E-state index in [-0.39, 0.29) is 6.04 Å². The molecule has 4 heteroatoms. The highest BCUT2D eigenvalue weighted by Crippen LogP contribution is 2.35. The van der Waals surface area contributed by atoms with Gasteiger partial charge in [-0.3, -0.25) is 0 Å². The fourth-order valence-electron chi connectivity index (χ4n) is 3.78. The van der Waals surface area contributed by atoms with Crippen molar-refractivity contribution in [1.82, 2.24) is 10.3 Å². The number of methoxy groups -OCH3 is 1. The maximum atomic E-state index is 11.1. The summed E-state index contributed by atoms with van der Waals surface area (Å²) >= 11 is 0. The number of rotatable bonds is 4. The van der Waals surface area contributed by atoms with Crippen LogP contribution in [-0.2, 0) is 0 Å². The van der Waals surface area contributed by atoms with Crippen LogP contribution in [0.1, 0.15) is 30.9 Å². The maximum absolute atomic E-state index is 11.1. The van der Waals surface area contributed by atoms with Crippen molar-refractivity contribution in [2.45, 2.75) is 31.4 Å². The molecule has 2 aromatic carbocycles. The summed E-state index contributed by atoms with van der Waals surface area (Å²) in [5, 5.41) is 15.6. The molecule has 4 nitrogen and oxygen atoms in total. The standard InChI is InChI=1S/C22H24N2O2/c1-26-20-12-7-10-16-17(22(25)18-11-5-6-13-23-18)14-19(24-21(16)20)15-8-3-2-4-9-15/h2-4,7-10,12,14,18,22-23,25H,5-6,11,13H2,1H3. The number of aromatic nitrogens is 1. The maximum Gasteiger partial charge on any atom is 0.145 e. The molecule has 2 atom stereocenters. The molecule has 2 unspecified atom stereocenters. The molecular formula is C22H24N2O2. The lowest BCUT2D eigenvalue weighted by Crippen LogP contribution is -2.38. The van der Waals surface area contributed by atoms with Gasteiger partial charge in [0.15, 0.2) is 0 Å². The van der Waals surface area contributed by atoms with E-state index in [1.807, 2.05) is 54.6 Å². The summed E-state index contributed by atoms with van der Waals surface area (Å²) in [6.45, 7) is 0.958. The van der Waals surface area contributed by atoms with Gasteiger partial charge >= 0.3 is 0 Å². The van der Waals surface area contributed by atoms with Crippen LogP contribution in [0, 0.1) is 0 Å². The largest absolute Gasteiger partial charge is 0.494 e. The summed E-state index contributed by atoms with van der Waals surface area (Å²) in [5.74, 6) is 0.727. The molecule has 1 fully saturated rings. The van der Waals surface area contributed by atoms with Crippen molar-refractivity contribution < 1.29 is 9.84 Å². The first-order valence-electron chi connectivity index (χ1n) is 9.22. The van der Waals surface area contributed by atoms with Gasteiger partial charge in [-0.15, -0.1) is 0 Å². The third-order valence-corrected chi connectivity index (χ3v) is 5.17. The molecule has 1 aromatic heterocycles. The third kappa shape index (κ3) is 3.18. The number of benzene rings is 2. The second-order valence-electron chi connectivity index (χ2n) is 6.82. The van der Waals surface area contributed by atoms with Crippen molar-refractivity contribution in [1.29, 1.82) is 0 Å². The smallest absolute Gasteiger partial charge is 0.145 e. The normalized spacial score (nSPS) is 18.6. The van der Waals surface area contributed by atoms with E-state index in [4.69, 9.17) is 9.72 Å². The third-order valence-electron chi connectivity index (χ3n) is 5.17. The summed E-state index contributed by atoms with van der Waals surface area (Å²) in [4.78, 5) is 4.85. The van der Waals surface area contributed by atoms with Gasteiger partial charge in [0.1, 0.15) is 11.3 Å². The van der Waals surface area contributed by atoms with Crippen molar-refractivity contribution >= 4 is 10.9 Å². The summed E-state index contributed by atoms with van der Waals surface area (Å²) in [6.07, 6.45) is 2.72. The molecule has 0 spiro atoms. The van der Waals surface area contributed by atoms with Gasteiger partial charge in [-0.1, -0.05) is 48.9 Å². The molecule has 4 rings (SSSR count). The Morgan fingerprint density at radius 3 is 2.69 bits per heavy atom. The second-order valence-corrected chi connectivity index (χ2v) is 6.82. The Morgan fingerprint density at radius 2 is 1.96 bits per heavy atom. The van der Waals surface area contributed by atoms with E-state index in [1.165, 1.54) is 6.42 Å². The first kappa shape index (κ1) is 17.0. The molecule has 2 heterocycles. The molecule has 0 bridgehead atoms. The summed E-state index contributed by atoms with van der Waals surface area (Å²) in [7, 11) is 1.66. The highest BCUT2D eigenvalue weighted by Gasteiger charge is 2.25. The van der Waals surface area contributed by atoms with Crippen molar-refractivity contribution in [2.75, 3.05) is 13.7 Å². The zero-order valence-electron chi connectivity index (χ0n) is 15.0. The molecule has 3 aromatic rings. The van der Waals surface area contributed by atoms with Crippen LogP contribution in [0.2, 0.25) is 0 Å². The predicted molar refractivity (Wildman–Crippen MR) is 104 cm³/mol. The van der Waals surface area contributed by atoms with E-state index in [1.54, 1.807) is 7.11 Å². The lowest BCUT2D eigenvalue weighted by molar-refractivity contribution is 0.115. The average molecular weight is 348 g/mol. The van der Waals surface area contributed by atoms with Crippen LogP contribution in [0.3, 0.4) is 0 Å². The van der Waals surface area contributed by atoms with Crippen LogP contribution < -0.4 is 10.1 Å². The zero-order valence-corrected chi connectivity index (χ0v) is 15.0. The lowest BCUT2D eigenvalue weighted by atomic mass is 9.91. The average Bonchev–Trinajstić information content (AvgIpc) is 2.73. The van der Waals surface area contributed by atoms with Crippen molar-refractivity contribution in [3.8, 4) is 17.0 Å². The van der Waals surface area contributed by atoms with Gasteiger partial charge in [-0.25, -0.2) is 4.98 Å². The van der Waals surface area contributed by atoms with Crippen LogP contribution in [-0.4, -0.2) is 29.8 Å². The highest BCUT2D eigenvalue weighted by atomic mass is 16.5. The summed E-state index contributed by atoms with van der Waals surface area (Å²) in [6, 6.07) is 18.1. The number of nitrogens with zero attached hydrogens (tertiary/aromatic N) is 1. The van der Waals surface area contributed by atoms with Crippen LogP contribution in [0.15, 0.2) is 54.6 Å². The number of ether oxygens (including phenoxy) is 1. The second kappa shape index (κ2) is 7.44. The Morgan fingerprint density at radius 1 is 1.12 bits per heavy atom. The van der Waals surface area contributed by atoms with Gasteiger partial charge in [0.05, 0.1) is 18.9 Å². The first-order chi connectivity index (χ1) is 12.8. The Balaban J connectivity index is 1.89. The number of hydrogen-bond donors (Lipinski definition) is 2. The van der Waals surface area contributed by atoms with Crippen molar-refractivity contribution in [2.24, 2.45) is 0 Å². The van der Waals surface area contributed by atoms with Gasteiger partial charge in [-0.2, -0.15) is 0 Å². The number of hydrogen-bond acceptors (Lipinski definition) is 4. The molecule has 0 amide bonds. The molecule has 134 valence electrons.